The third kappa shape index (κ3) is 4.02. The first kappa shape index (κ1) is 16.4. The van der Waals surface area contributed by atoms with Gasteiger partial charge in [0.25, 0.3) is 0 Å². The van der Waals surface area contributed by atoms with Crippen LogP contribution >= 0.6 is 0 Å². The van der Waals surface area contributed by atoms with Crippen molar-refractivity contribution in [3.05, 3.63) is 29.3 Å². The lowest BCUT2D eigenvalue weighted by atomic mass is 9.79. The summed E-state index contributed by atoms with van der Waals surface area (Å²) >= 11 is 0. The zero-order valence-electron chi connectivity index (χ0n) is 14.5. The maximum Gasteiger partial charge on any atom is 0.123 e. The summed E-state index contributed by atoms with van der Waals surface area (Å²) in [6.45, 7) is 11.5. The highest BCUT2D eigenvalue weighted by molar-refractivity contribution is 5.42. The van der Waals surface area contributed by atoms with Crippen molar-refractivity contribution in [2.45, 2.75) is 84.7 Å². The number of hydrogen-bond acceptors (Lipinski definition) is 1. The second-order valence-corrected chi connectivity index (χ2v) is 7.52. The summed E-state index contributed by atoms with van der Waals surface area (Å²) in [5.41, 5.74) is 3.06. The molecule has 1 unspecified atom stereocenters. The van der Waals surface area contributed by atoms with E-state index in [0.717, 1.165) is 12.2 Å². The minimum atomic E-state index is 0.248. The van der Waals surface area contributed by atoms with Gasteiger partial charge in [0.1, 0.15) is 5.75 Å². The second kappa shape index (κ2) is 6.85. The van der Waals surface area contributed by atoms with Crippen LogP contribution in [0.15, 0.2) is 18.2 Å². The van der Waals surface area contributed by atoms with E-state index in [1.54, 1.807) is 0 Å². The highest BCUT2D eigenvalue weighted by Crippen LogP contribution is 2.36. The molecule has 0 radical (unpaired) electrons. The summed E-state index contributed by atoms with van der Waals surface area (Å²) in [5.74, 6) is 1.74. The number of ether oxygens (including phenoxy) is 1. The van der Waals surface area contributed by atoms with E-state index in [2.05, 4.69) is 52.8 Å². The van der Waals surface area contributed by atoms with Crippen molar-refractivity contribution in [3.63, 3.8) is 0 Å². The van der Waals surface area contributed by atoms with E-state index in [-0.39, 0.29) is 5.41 Å². The van der Waals surface area contributed by atoms with Crippen LogP contribution in [0.2, 0.25) is 0 Å². The largest absolute Gasteiger partial charge is 0.490 e. The standard InChI is InChI=1S/C20H32O/c1-6-7-8-9-12-20(4,5)18-11-10-17-13-15(2)16(3)21-19(17)14-18/h10-11,14-16H,6-9,12-13H2,1-5H3/t15-,16?/m0/s1. The van der Waals surface area contributed by atoms with Crippen molar-refractivity contribution >= 4 is 0 Å². The van der Waals surface area contributed by atoms with Gasteiger partial charge in [-0.05, 0) is 48.3 Å². The predicted molar refractivity (Wildman–Crippen MR) is 91.2 cm³/mol. The van der Waals surface area contributed by atoms with E-state index in [9.17, 15) is 0 Å². The Bertz CT molecular complexity index is 461. The SMILES string of the molecule is CCCCCCC(C)(C)c1ccc2c(c1)OC(C)[C@@H](C)C2. The summed E-state index contributed by atoms with van der Waals surface area (Å²) in [6, 6.07) is 6.92. The summed E-state index contributed by atoms with van der Waals surface area (Å²) in [5, 5.41) is 0. The van der Waals surface area contributed by atoms with Crippen molar-refractivity contribution in [1.29, 1.82) is 0 Å². The van der Waals surface area contributed by atoms with Gasteiger partial charge in [-0.3, -0.25) is 0 Å². The van der Waals surface area contributed by atoms with Crippen LogP contribution in [-0.2, 0) is 11.8 Å². The van der Waals surface area contributed by atoms with Crippen LogP contribution in [0.4, 0.5) is 0 Å². The van der Waals surface area contributed by atoms with Crippen molar-refractivity contribution < 1.29 is 4.74 Å². The number of unbranched alkanes of at least 4 members (excludes halogenated alkanes) is 3. The zero-order chi connectivity index (χ0) is 15.5. The highest BCUT2D eigenvalue weighted by Gasteiger charge is 2.26. The first-order valence-electron chi connectivity index (χ1n) is 8.74. The lowest BCUT2D eigenvalue weighted by Gasteiger charge is -2.32. The maximum absolute atomic E-state index is 6.12. The summed E-state index contributed by atoms with van der Waals surface area (Å²) in [6.07, 6.45) is 8.09. The second-order valence-electron chi connectivity index (χ2n) is 7.52. The number of benzene rings is 1. The molecule has 0 aromatic heterocycles. The van der Waals surface area contributed by atoms with Gasteiger partial charge in [-0.2, -0.15) is 0 Å². The van der Waals surface area contributed by atoms with Gasteiger partial charge in [0.15, 0.2) is 0 Å². The Balaban J connectivity index is 2.08. The van der Waals surface area contributed by atoms with E-state index in [1.807, 2.05) is 0 Å². The summed E-state index contributed by atoms with van der Waals surface area (Å²) in [7, 11) is 0. The normalized spacial score (nSPS) is 21.8. The summed E-state index contributed by atoms with van der Waals surface area (Å²) in [4.78, 5) is 0. The molecule has 0 saturated heterocycles. The molecule has 0 saturated carbocycles. The molecule has 1 aliphatic rings. The Morgan fingerprint density at radius 2 is 1.90 bits per heavy atom. The third-order valence-electron chi connectivity index (χ3n) is 5.16. The fourth-order valence-corrected chi connectivity index (χ4v) is 3.22. The first-order valence-corrected chi connectivity index (χ1v) is 8.74. The molecule has 1 aliphatic heterocycles. The molecule has 21 heavy (non-hydrogen) atoms. The van der Waals surface area contributed by atoms with Gasteiger partial charge >= 0.3 is 0 Å². The van der Waals surface area contributed by atoms with Crippen LogP contribution in [0.3, 0.4) is 0 Å². The van der Waals surface area contributed by atoms with Crippen LogP contribution in [0, 0.1) is 5.92 Å². The minimum absolute atomic E-state index is 0.248. The molecule has 1 nitrogen and oxygen atoms in total. The average molecular weight is 288 g/mol. The van der Waals surface area contributed by atoms with E-state index in [4.69, 9.17) is 4.74 Å². The molecule has 2 rings (SSSR count). The molecule has 1 heteroatoms. The molecule has 0 fully saturated rings. The fourth-order valence-electron chi connectivity index (χ4n) is 3.22. The molecule has 0 spiro atoms. The van der Waals surface area contributed by atoms with Crippen molar-refractivity contribution in [3.8, 4) is 5.75 Å². The van der Waals surface area contributed by atoms with Gasteiger partial charge in [0.2, 0.25) is 0 Å². The van der Waals surface area contributed by atoms with Gasteiger partial charge in [-0.1, -0.05) is 65.5 Å². The molecule has 118 valence electrons. The lowest BCUT2D eigenvalue weighted by molar-refractivity contribution is 0.139. The minimum Gasteiger partial charge on any atom is -0.490 e. The van der Waals surface area contributed by atoms with E-state index in [1.165, 1.54) is 43.2 Å². The zero-order valence-corrected chi connectivity index (χ0v) is 14.5. The van der Waals surface area contributed by atoms with Crippen LogP contribution in [0.25, 0.3) is 0 Å². The topological polar surface area (TPSA) is 9.23 Å². The highest BCUT2D eigenvalue weighted by atomic mass is 16.5. The van der Waals surface area contributed by atoms with Gasteiger partial charge in [-0.15, -0.1) is 0 Å². The fraction of sp³-hybridized carbons (Fsp3) is 0.700. The first-order chi connectivity index (χ1) is 9.94. The van der Waals surface area contributed by atoms with Gasteiger partial charge < -0.3 is 4.74 Å². The van der Waals surface area contributed by atoms with Crippen molar-refractivity contribution in [2.24, 2.45) is 5.92 Å². The van der Waals surface area contributed by atoms with Crippen LogP contribution in [0.1, 0.15) is 77.8 Å². The van der Waals surface area contributed by atoms with Crippen LogP contribution in [-0.4, -0.2) is 6.10 Å². The molecule has 0 N–H and O–H groups in total. The molecule has 1 heterocycles. The summed E-state index contributed by atoms with van der Waals surface area (Å²) < 4.78 is 6.12. The number of rotatable bonds is 6. The quantitative estimate of drug-likeness (QED) is 0.593. The molecular weight excluding hydrogens is 256 g/mol. The van der Waals surface area contributed by atoms with Crippen molar-refractivity contribution in [1.82, 2.24) is 0 Å². The molecule has 0 aliphatic carbocycles. The Kier molecular flexibility index (Phi) is 5.35. The molecule has 1 aromatic carbocycles. The van der Waals surface area contributed by atoms with Gasteiger partial charge in [-0.25, -0.2) is 0 Å². The smallest absolute Gasteiger partial charge is 0.123 e. The Labute approximate surface area is 131 Å². The van der Waals surface area contributed by atoms with E-state index in [0.29, 0.717) is 12.0 Å². The third-order valence-corrected chi connectivity index (χ3v) is 5.16. The maximum atomic E-state index is 6.12. The van der Waals surface area contributed by atoms with Crippen LogP contribution < -0.4 is 4.74 Å². The Morgan fingerprint density at radius 1 is 1.14 bits per heavy atom. The van der Waals surface area contributed by atoms with Crippen LogP contribution in [0.5, 0.6) is 5.75 Å². The van der Waals surface area contributed by atoms with Crippen molar-refractivity contribution in [2.75, 3.05) is 0 Å². The Morgan fingerprint density at radius 3 is 2.62 bits per heavy atom. The monoisotopic (exact) mass is 288 g/mol. The predicted octanol–water partition coefficient (Wildman–Crippen LogP) is 5.89. The average Bonchev–Trinajstić information content (AvgIpc) is 2.44. The molecule has 0 bridgehead atoms. The molecule has 0 amide bonds. The van der Waals surface area contributed by atoms with E-state index < -0.39 is 0 Å². The van der Waals surface area contributed by atoms with Gasteiger partial charge in [0, 0.05) is 0 Å². The molecule has 2 atom stereocenters. The Hall–Kier alpha value is -0.980. The molecular formula is C20H32O. The molecule has 1 aromatic rings. The van der Waals surface area contributed by atoms with Gasteiger partial charge in [0.05, 0.1) is 6.10 Å². The lowest BCUT2D eigenvalue weighted by Crippen LogP contribution is -2.28. The number of hydrogen-bond donors (Lipinski definition) is 0. The van der Waals surface area contributed by atoms with E-state index >= 15 is 0 Å². The number of fused-ring (bicyclic) bond motifs is 1.